The Labute approximate surface area is 125 Å². The van der Waals surface area contributed by atoms with E-state index in [9.17, 15) is 0 Å². The number of benzene rings is 1. The van der Waals surface area contributed by atoms with E-state index in [-0.39, 0.29) is 0 Å². The summed E-state index contributed by atoms with van der Waals surface area (Å²) in [6, 6.07) is 6.04. The number of aromatic nitrogens is 2. The third-order valence-electron chi connectivity index (χ3n) is 4.11. The number of nitrogens with one attached hydrogen (secondary N) is 1. The van der Waals surface area contributed by atoms with Gasteiger partial charge in [-0.1, -0.05) is 18.5 Å². The van der Waals surface area contributed by atoms with E-state index < -0.39 is 0 Å². The minimum absolute atomic E-state index is 0.714. The molecule has 1 atom stereocenters. The number of hydrogen-bond acceptors (Lipinski definition) is 2. The molecule has 4 heteroatoms. The molecular formula is C16H22ClN3. The van der Waals surface area contributed by atoms with Crippen molar-refractivity contribution >= 4 is 22.6 Å². The van der Waals surface area contributed by atoms with Gasteiger partial charge in [-0.25, -0.2) is 4.98 Å². The van der Waals surface area contributed by atoms with Crippen LogP contribution in [0, 0.1) is 5.92 Å². The molecule has 2 heterocycles. The van der Waals surface area contributed by atoms with Crippen molar-refractivity contribution in [1.82, 2.24) is 14.9 Å². The van der Waals surface area contributed by atoms with Crippen LogP contribution in [0.2, 0.25) is 5.02 Å². The van der Waals surface area contributed by atoms with Gasteiger partial charge in [0, 0.05) is 18.0 Å². The molecule has 3 nitrogen and oxygen atoms in total. The summed E-state index contributed by atoms with van der Waals surface area (Å²) in [7, 11) is 0. The van der Waals surface area contributed by atoms with Gasteiger partial charge in [-0.05, 0) is 56.5 Å². The summed E-state index contributed by atoms with van der Waals surface area (Å²) in [4.78, 5) is 4.84. The minimum atomic E-state index is 0.714. The molecule has 1 saturated heterocycles. The molecule has 1 N–H and O–H groups in total. The molecule has 108 valence electrons. The van der Waals surface area contributed by atoms with Gasteiger partial charge in [0.1, 0.15) is 5.82 Å². The largest absolute Gasteiger partial charge is 0.328 e. The highest BCUT2D eigenvalue weighted by Crippen LogP contribution is 2.24. The van der Waals surface area contributed by atoms with Crippen molar-refractivity contribution in [2.24, 2.45) is 5.92 Å². The Hall–Kier alpha value is -1.06. The summed E-state index contributed by atoms with van der Waals surface area (Å²) < 4.78 is 2.38. The van der Waals surface area contributed by atoms with Gasteiger partial charge in [0.05, 0.1) is 11.0 Å². The minimum Gasteiger partial charge on any atom is -0.328 e. The predicted molar refractivity (Wildman–Crippen MR) is 84.3 cm³/mol. The van der Waals surface area contributed by atoms with E-state index in [2.05, 4.69) is 22.9 Å². The second-order valence-corrected chi connectivity index (χ2v) is 6.17. The zero-order chi connectivity index (χ0) is 13.9. The zero-order valence-corrected chi connectivity index (χ0v) is 12.8. The summed E-state index contributed by atoms with van der Waals surface area (Å²) in [6.07, 6.45) is 4.79. The number of rotatable bonds is 4. The van der Waals surface area contributed by atoms with Gasteiger partial charge in [-0.15, -0.1) is 0 Å². The van der Waals surface area contributed by atoms with Gasteiger partial charge in [-0.2, -0.15) is 0 Å². The molecule has 1 unspecified atom stereocenters. The first-order valence-corrected chi connectivity index (χ1v) is 8.01. The molecule has 1 aromatic heterocycles. The quantitative estimate of drug-likeness (QED) is 0.932. The van der Waals surface area contributed by atoms with E-state index in [1.54, 1.807) is 0 Å². The van der Waals surface area contributed by atoms with Gasteiger partial charge >= 0.3 is 0 Å². The number of halogens is 1. The first-order chi connectivity index (χ1) is 9.78. The molecule has 0 amide bonds. The van der Waals surface area contributed by atoms with E-state index >= 15 is 0 Å². The summed E-state index contributed by atoms with van der Waals surface area (Å²) in [5.41, 5.74) is 2.25. The third-order valence-corrected chi connectivity index (χ3v) is 4.34. The lowest BCUT2D eigenvalue weighted by molar-refractivity contribution is 0.366. The fourth-order valence-corrected chi connectivity index (χ4v) is 3.30. The number of aryl methyl sites for hydroxylation is 1. The molecule has 0 radical (unpaired) electrons. The molecule has 2 aromatic rings. The normalized spacial score (nSPS) is 19.6. The topological polar surface area (TPSA) is 29.9 Å². The van der Waals surface area contributed by atoms with E-state index in [0.717, 1.165) is 43.0 Å². The highest BCUT2D eigenvalue weighted by molar-refractivity contribution is 6.31. The Morgan fingerprint density at radius 1 is 1.45 bits per heavy atom. The van der Waals surface area contributed by atoms with E-state index in [1.807, 2.05) is 12.1 Å². The van der Waals surface area contributed by atoms with Crippen LogP contribution in [0.3, 0.4) is 0 Å². The molecule has 1 aliphatic heterocycles. The molecule has 0 spiro atoms. The Kier molecular flexibility index (Phi) is 4.27. The second-order valence-electron chi connectivity index (χ2n) is 5.73. The van der Waals surface area contributed by atoms with Crippen LogP contribution < -0.4 is 5.32 Å². The van der Waals surface area contributed by atoms with Crippen molar-refractivity contribution in [2.45, 2.75) is 39.2 Å². The number of fused-ring (bicyclic) bond motifs is 1. The fraction of sp³-hybridized carbons (Fsp3) is 0.562. The van der Waals surface area contributed by atoms with Crippen LogP contribution in [0.5, 0.6) is 0 Å². The lowest BCUT2D eigenvalue weighted by Gasteiger charge is -2.22. The van der Waals surface area contributed by atoms with Crippen LogP contribution in [0.1, 0.15) is 32.0 Å². The Morgan fingerprint density at radius 2 is 2.35 bits per heavy atom. The summed E-state index contributed by atoms with van der Waals surface area (Å²) in [5.74, 6) is 1.93. The number of nitrogens with zero attached hydrogens (tertiary/aromatic N) is 2. The third kappa shape index (κ3) is 2.84. The summed E-state index contributed by atoms with van der Waals surface area (Å²) in [6.45, 7) is 5.54. The van der Waals surface area contributed by atoms with E-state index in [0.29, 0.717) is 5.92 Å². The maximum atomic E-state index is 6.09. The highest BCUT2D eigenvalue weighted by Gasteiger charge is 2.18. The lowest BCUT2D eigenvalue weighted by atomic mass is 9.96. The Balaban J connectivity index is 1.93. The average molecular weight is 292 g/mol. The maximum absolute atomic E-state index is 6.09. The smallest absolute Gasteiger partial charge is 0.110 e. The van der Waals surface area contributed by atoms with E-state index in [4.69, 9.17) is 16.6 Å². The Morgan fingerprint density at radius 3 is 3.10 bits per heavy atom. The van der Waals surface area contributed by atoms with Crippen LogP contribution >= 0.6 is 11.6 Å². The molecule has 20 heavy (non-hydrogen) atoms. The fourth-order valence-electron chi connectivity index (χ4n) is 3.14. The van der Waals surface area contributed by atoms with Crippen LogP contribution in [-0.4, -0.2) is 22.6 Å². The lowest BCUT2D eigenvalue weighted by Crippen LogP contribution is -2.31. The van der Waals surface area contributed by atoms with Crippen LogP contribution in [0.15, 0.2) is 18.2 Å². The monoisotopic (exact) mass is 291 g/mol. The molecule has 0 bridgehead atoms. The second kappa shape index (κ2) is 6.15. The van der Waals surface area contributed by atoms with Gasteiger partial charge in [0.25, 0.3) is 0 Å². The standard InChI is InChI=1S/C16H22ClN3/c1-2-8-20-15-6-5-13(17)10-14(15)19-16(20)9-12-4-3-7-18-11-12/h5-6,10,12,18H,2-4,7-9,11H2,1H3. The molecule has 1 aliphatic rings. The van der Waals surface area contributed by atoms with Crippen molar-refractivity contribution in [3.05, 3.63) is 29.0 Å². The molecule has 0 saturated carbocycles. The van der Waals surface area contributed by atoms with Crippen molar-refractivity contribution in [1.29, 1.82) is 0 Å². The SMILES string of the molecule is CCCn1c(CC2CCCNC2)nc2cc(Cl)ccc21. The van der Waals surface area contributed by atoms with Gasteiger partial charge < -0.3 is 9.88 Å². The van der Waals surface area contributed by atoms with E-state index in [1.165, 1.54) is 24.2 Å². The Bertz CT molecular complexity index is 585. The molecular weight excluding hydrogens is 270 g/mol. The van der Waals surface area contributed by atoms with Crippen LogP contribution in [0.25, 0.3) is 11.0 Å². The van der Waals surface area contributed by atoms with Crippen molar-refractivity contribution in [3.63, 3.8) is 0 Å². The first kappa shape index (κ1) is 13.9. The number of hydrogen-bond donors (Lipinski definition) is 1. The predicted octanol–water partition coefficient (Wildman–Crippen LogP) is 3.64. The number of piperidine rings is 1. The average Bonchev–Trinajstić information content (AvgIpc) is 2.77. The van der Waals surface area contributed by atoms with Gasteiger partial charge in [0.2, 0.25) is 0 Å². The number of imidazole rings is 1. The van der Waals surface area contributed by atoms with Crippen molar-refractivity contribution in [3.8, 4) is 0 Å². The summed E-state index contributed by atoms with van der Waals surface area (Å²) in [5, 5.41) is 4.26. The van der Waals surface area contributed by atoms with Crippen molar-refractivity contribution in [2.75, 3.05) is 13.1 Å². The molecule has 1 fully saturated rings. The molecule has 3 rings (SSSR count). The maximum Gasteiger partial charge on any atom is 0.110 e. The molecule has 0 aliphatic carbocycles. The highest BCUT2D eigenvalue weighted by atomic mass is 35.5. The van der Waals surface area contributed by atoms with Gasteiger partial charge in [0.15, 0.2) is 0 Å². The van der Waals surface area contributed by atoms with Crippen LogP contribution in [0.4, 0.5) is 0 Å². The summed E-state index contributed by atoms with van der Waals surface area (Å²) >= 11 is 6.09. The first-order valence-electron chi connectivity index (χ1n) is 7.63. The van der Waals surface area contributed by atoms with Crippen molar-refractivity contribution < 1.29 is 0 Å². The van der Waals surface area contributed by atoms with Gasteiger partial charge in [-0.3, -0.25) is 0 Å². The molecule has 1 aromatic carbocycles. The van der Waals surface area contributed by atoms with Crippen LogP contribution in [-0.2, 0) is 13.0 Å². The zero-order valence-electron chi connectivity index (χ0n) is 12.0.